The molecule has 1 heterocycles. The van der Waals surface area contributed by atoms with Crippen LogP contribution in [0.25, 0.3) is 11.1 Å². The van der Waals surface area contributed by atoms with Gasteiger partial charge in [0.15, 0.2) is 0 Å². The van der Waals surface area contributed by atoms with Crippen LogP contribution in [0.5, 0.6) is 0 Å². The van der Waals surface area contributed by atoms with Gasteiger partial charge in [-0.15, -0.1) is 0 Å². The van der Waals surface area contributed by atoms with Gasteiger partial charge in [0.25, 0.3) is 0 Å². The number of benzene rings is 2. The number of hydrogen-bond acceptors (Lipinski definition) is 4. The van der Waals surface area contributed by atoms with Gasteiger partial charge in [-0.2, -0.15) is 0 Å². The van der Waals surface area contributed by atoms with Crippen molar-refractivity contribution < 1.29 is 17.9 Å². The minimum Gasteiger partial charge on any atom is -0.454 e. The highest BCUT2D eigenvalue weighted by atomic mass is 32.2. The van der Waals surface area contributed by atoms with Gasteiger partial charge in [-0.1, -0.05) is 42.5 Å². The van der Waals surface area contributed by atoms with E-state index in [1.165, 1.54) is 12.1 Å². The summed E-state index contributed by atoms with van der Waals surface area (Å²) in [5.74, 6) is -0.380. The van der Waals surface area contributed by atoms with Crippen molar-refractivity contribution >= 4 is 27.1 Å². The van der Waals surface area contributed by atoms with Gasteiger partial charge in [0.05, 0.1) is 10.5 Å². The van der Waals surface area contributed by atoms with Gasteiger partial charge in [0, 0.05) is 5.57 Å². The van der Waals surface area contributed by atoms with Crippen molar-refractivity contribution in [3.8, 4) is 0 Å². The Labute approximate surface area is 134 Å². The average molecular weight is 329 g/mol. The molecule has 0 spiro atoms. The molecule has 1 aliphatic heterocycles. The third-order valence-electron chi connectivity index (χ3n) is 3.72. The fourth-order valence-corrected chi connectivity index (χ4v) is 3.19. The third kappa shape index (κ3) is 2.91. The highest BCUT2D eigenvalue weighted by Gasteiger charge is 2.32. The first-order valence-corrected chi connectivity index (χ1v) is 8.56. The summed E-state index contributed by atoms with van der Waals surface area (Å²) in [6, 6.07) is 15.4. The second-order valence-electron chi connectivity index (χ2n) is 5.27. The Hall–Kier alpha value is -2.44. The molecule has 3 rings (SSSR count). The molecule has 2 N–H and O–H groups in total. The molecule has 5 nitrogen and oxygen atoms in total. The van der Waals surface area contributed by atoms with E-state index < -0.39 is 16.1 Å². The lowest BCUT2D eigenvalue weighted by Crippen LogP contribution is -2.12. The zero-order valence-electron chi connectivity index (χ0n) is 12.4. The standard InChI is InChI=1S/C17H15NO4S/c1-11-15(13-7-9-14(10-8-13)23(18,20)21)16(17(19)22-11)12-5-3-2-4-6-12/h2-11H,1H3,(H2,18,20,21). The predicted octanol–water partition coefficient (Wildman–Crippen LogP) is 2.19. The second kappa shape index (κ2) is 5.64. The van der Waals surface area contributed by atoms with Crippen molar-refractivity contribution in [2.24, 2.45) is 5.14 Å². The Balaban J connectivity index is 2.15. The Morgan fingerprint density at radius 3 is 2.13 bits per heavy atom. The van der Waals surface area contributed by atoms with Crippen LogP contribution < -0.4 is 5.14 Å². The maximum Gasteiger partial charge on any atom is 0.339 e. The molecule has 0 amide bonds. The molecule has 0 fully saturated rings. The second-order valence-corrected chi connectivity index (χ2v) is 6.83. The van der Waals surface area contributed by atoms with Crippen LogP contribution in [0.2, 0.25) is 0 Å². The predicted molar refractivity (Wildman–Crippen MR) is 86.6 cm³/mol. The van der Waals surface area contributed by atoms with Gasteiger partial charge in [-0.25, -0.2) is 18.4 Å². The van der Waals surface area contributed by atoms with E-state index in [9.17, 15) is 13.2 Å². The number of carbonyl (C=O) groups is 1. The van der Waals surface area contributed by atoms with E-state index in [0.29, 0.717) is 5.57 Å². The van der Waals surface area contributed by atoms with Gasteiger partial charge in [0.1, 0.15) is 6.10 Å². The van der Waals surface area contributed by atoms with Gasteiger partial charge >= 0.3 is 5.97 Å². The third-order valence-corrected chi connectivity index (χ3v) is 4.65. The monoisotopic (exact) mass is 329 g/mol. The molecule has 0 aliphatic carbocycles. The molecule has 0 radical (unpaired) electrons. The summed E-state index contributed by atoms with van der Waals surface area (Å²) < 4.78 is 28.0. The Morgan fingerprint density at radius 1 is 0.957 bits per heavy atom. The maximum atomic E-state index is 12.2. The lowest BCUT2D eigenvalue weighted by molar-refractivity contribution is -0.136. The molecule has 1 aliphatic rings. The summed E-state index contributed by atoms with van der Waals surface area (Å²) in [7, 11) is -3.75. The molecule has 6 heteroatoms. The van der Waals surface area contributed by atoms with Crippen molar-refractivity contribution in [2.45, 2.75) is 17.9 Å². The Kier molecular flexibility index (Phi) is 3.79. The molecule has 0 saturated heterocycles. The largest absolute Gasteiger partial charge is 0.454 e. The van der Waals surface area contributed by atoms with Crippen molar-refractivity contribution in [2.75, 3.05) is 0 Å². The van der Waals surface area contributed by atoms with E-state index in [2.05, 4.69) is 0 Å². The zero-order valence-corrected chi connectivity index (χ0v) is 13.2. The molecule has 23 heavy (non-hydrogen) atoms. The van der Waals surface area contributed by atoms with E-state index in [0.717, 1.165) is 16.7 Å². The molecule has 0 saturated carbocycles. The van der Waals surface area contributed by atoms with Crippen molar-refractivity contribution in [3.05, 3.63) is 65.7 Å². The topological polar surface area (TPSA) is 86.5 Å². The van der Waals surface area contributed by atoms with Gasteiger partial charge in [0.2, 0.25) is 10.0 Å². The number of primary sulfonamides is 1. The van der Waals surface area contributed by atoms with Gasteiger partial charge in [-0.05, 0) is 30.2 Å². The molecule has 2 aromatic carbocycles. The highest BCUT2D eigenvalue weighted by Crippen LogP contribution is 2.37. The summed E-state index contributed by atoms with van der Waals surface area (Å²) in [4.78, 5) is 12.2. The minimum absolute atomic E-state index is 0.0287. The molecular weight excluding hydrogens is 314 g/mol. The Bertz CT molecular complexity index is 884. The number of nitrogens with two attached hydrogens (primary N) is 1. The van der Waals surface area contributed by atoms with Crippen LogP contribution in [-0.2, 0) is 19.6 Å². The summed E-state index contributed by atoms with van der Waals surface area (Å²) in [5, 5.41) is 5.11. The molecule has 118 valence electrons. The molecule has 1 unspecified atom stereocenters. The summed E-state index contributed by atoms with van der Waals surface area (Å²) in [6.45, 7) is 1.79. The van der Waals surface area contributed by atoms with Crippen LogP contribution >= 0.6 is 0 Å². The number of esters is 1. The van der Waals surface area contributed by atoms with Gasteiger partial charge in [-0.3, -0.25) is 0 Å². The summed E-state index contributed by atoms with van der Waals surface area (Å²) in [6.07, 6.45) is -0.405. The molecule has 0 aromatic heterocycles. The van der Waals surface area contributed by atoms with Crippen molar-refractivity contribution in [1.82, 2.24) is 0 Å². The number of hydrogen-bond donors (Lipinski definition) is 1. The average Bonchev–Trinajstić information content (AvgIpc) is 2.82. The first-order valence-electron chi connectivity index (χ1n) is 7.02. The van der Waals surface area contributed by atoms with Crippen LogP contribution in [0.3, 0.4) is 0 Å². The van der Waals surface area contributed by atoms with E-state index >= 15 is 0 Å². The van der Waals surface area contributed by atoms with Crippen LogP contribution in [0.1, 0.15) is 18.1 Å². The van der Waals surface area contributed by atoms with Crippen LogP contribution in [-0.4, -0.2) is 20.5 Å². The van der Waals surface area contributed by atoms with E-state index in [4.69, 9.17) is 9.88 Å². The van der Waals surface area contributed by atoms with E-state index in [-0.39, 0.29) is 10.9 Å². The van der Waals surface area contributed by atoms with Crippen molar-refractivity contribution in [3.63, 3.8) is 0 Å². The fraction of sp³-hybridized carbons (Fsp3) is 0.118. The fourth-order valence-electron chi connectivity index (χ4n) is 2.67. The molecule has 2 aromatic rings. The molecular formula is C17H15NO4S. The van der Waals surface area contributed by atoms with Crippen LogP contribution in [0, 0.1) is 0 Å². The summed E-state index contributed by atoms with van der Waals surface area (Å²) in [5.41, 5.74) is 2.74. The zero-order chi connectivity index (χ0) is 16.6. The van der Waals surface area contributed by atoms with E-state index in [1.54, 1.807) is 19.1 Å². The smallest absolute Gasteiger partial charge is 0.339 e. The van der Waals surface area contributed by atoms with Crippen molar-refractivity contribution in [1.29, 1.82) is 0 Å². The lowest BCUT2D eigenvalue weighted by Gasteiger charge is -2.10. The van der Waals surface area contributed by atoms with Crippen LogP contribution in [0.4, 0.5) is 0 Å². The first-order chi connectivity index (χ1) is 10.9. The number of ether oxygens (including phenoxy) is 1. The molecule has 1 atom stereocenters. The number of sulfonamides is 1. The molecule has 0 bridgehead atoms. The maximum absolute atomic E-state index is 12.2. The number of cyclic esters (lactones) is 1. The normalized spacial score (nSPS) is 18.2. The number of carbonyl (C=O) groups excluding carboxylic acids is 1. The SMILES string of the molecule is CC1OC(=O)C(c2ccccc2)=C1c1ccc(S(N)(=O)=O)cc1. The van der Waals surface area contributed by atoms with Gasteiger partial charge < -0.3 is 4.74 Å². The quantitative estimate of drug-likeness (QED) is 0.875. The lowest BCUT2D eigenvalue weighted by atomic mass is 9.93. The first kappa shape index (κ1) is 15.5. The minimum atomic E-state index is -3.75. The summed E-state index contributed by atoms with van der Waals surface area (Å²) >= 11 is 0. The van der Waals surface area contributed by atoms with Crippen LogP contribution in [0.15, 0.2) is 59.5 Å². The Morgan fingerprint density at radius 2 is 1.57 bits per heavy atom. The van der Waals surface area contributed by atoms with E-state index in [1.807, 2.05) is 30.3 Å². The number of rotatable bonds is 3. The highest BCUT2D eigenvalue weighted by molar-refractivity contribution is 7.89.